The van der Waals surface area contributed by atoms with E-state index in [4.69, 9.17) is 0 Å². The second-order valence-corrected chi connectivity index (χ2v) is 6.42. The first-order valence-corrected chi connectivity index (χ1v) is 9.04. The van der Waals surface area contributed by atoms with Gasteiger partial charge in [-0.05, 0) is 60.5 Å². The molecule has 3 heteroatoms. The van der Waals surface area contributed by atoms with E-state index in [1.54, 1.807) is 0 Å². The number of nitrogens with one attached hydrogen (secondary N) is 1. The van der Waals surface area contributed by atoms with Crippen LogP contribution in [0, 0.1) is 11.8 Å². The average Bonchev–Trinajstić information content (AvgIpc) is 2.67. The molecule has 0 aromatic heterocycles. The smallest absolute Gasteiger partial charge is 0.221 e. The zero-order valence-corrected chi connectivity index (χ0v) is 15.2. The summed E-state index contributed by atoms with van der Waals surface area (Å²) >= 11 is 0. The van der Waals surface area contributed by atoms with E-state index < -0.39 is 0 Å². The zero-order chi connectivity index (χ0) is 18.2. The van der Waals surface area contributed by atoms with E-state index in [0.717, 1.165) is 43.6 Å². The molecule has 0 saturated heterocycles. The van der Waals surface area contributed by atoms with Gasteiger partial charge in [0.2, 0.25) is 5.91 Å². The minimum Gasteiger partial charge on any atom is -0.373 e. The quantitative estimate of drug-likeness (QED) is 0.648. The normalized spacial score (nSPS) is 15.7. The van der Waals surface area contributed by atoms with Crippen LogP contribution in [0.25, 0.3) is 0 Å². The van der Waals surface area contributed by atoms with Crippen molar-refractivity contribution in [3.8, 4) is 11.8 Å². The number of anilines is 1. The number of carbonyl (C=O) groups is 1. The number of amides is 1. The zero-order valence-electron chi connectivity index (χ0n) is 15.2. The van der Waals surface area contributed by atoms with E-state index in [9.17, 15) is 4.79 Å². The molecule has 0 unspecified atom stereocenters. The van der Waals surface area contributed by atoms with E-state index in [1.807, 2.05) is 24.3 Å². The van der Waals surface area contributed by atoms with Gasteiger partial charge in [-0.1, -0.05) is 36.1 Å². The summed E-state index contributed by atoms with van der Waals surface area (Å²) in [5, 5.41) is 2.75. The number of carbonyl (C=O) groups excluding carboxylic acids is 1. The summed E-state index contributed by atoms with van der Waals surface area (Å²) in [5.74, 6) is 6.35. The van der Waals surface area contributed by atoms with Crippen LogP contribution in [0.4, 0.5) is 5.69 Å². The van der Waals surface area contributed by atoms with Crippen molar-refractivity contribution in [2.45, 2.75) is 26.2 Å². The highest BCUT2D eigenvalue weighted by Crippen LogP contribution is 2.23. The lowest BCUT2D eigenvalue weighted by Gasteiger charge is -2.23. The van der Waals surface area contributed by atoms with Crippen LogP contribution in [0.1, 0.15) is 31.7 Å². The van der Waals surface area contributed by atoms with Gasteiger partial charge in [0.15, 0.2) is 0 Å². The van der Waals surface area contributed by atoms with Crippen molar-refractivity contribution in [1.29, 1.82) is 0 Å². The summed E-state index contributed by atoms with van der Waals surface area (Å²) in [6.07, 6.45) is 16.4. The van der Waals surface area contributed by atoms with Gasteiger partial charge < -0.3 is 10.2 Å². The fraction of sp³-hybridized carbons (Fsp3) is 0.261. The highest BCUT2D eigenvalue weighted by atomic mass is 16.1. The van der Waals surface area contributed by atoms with Crippen LogP contribution in [0.5, 0.6) is 0 Å². The molecule has 1 aliphatic carbocycles. The third-order valence-corrected chi connectivity index (χ3v) is 4.35. The molecule has 26 heavy (non-hydrogen) atoms. The van der Waals surface area contributed by atoms with Gasteiger partial charge in [0.05, 0.1) is 0 Å². The molecule has 0 bridgehead atoms. The molecule has 0 atom stereocenters. The summed E-state index contributed by atoms with van der Waals surface area (Å²) in [5.41, 5.74) is 4.56. The second-order valence-electron chi connectivity index (χ2n) is 6.42. The first-order valence-electron chi connectivity index (χ1n) is 9.04. The molecule has 1 aromatic carbocycles. The molecule has 0 radical (unpaired) electrons. The predicted octanol–water partition coefficient (Wildman–Crippen LogP) is 4.42. The van der Waals surface area contributed by atoms with Crippen LogP contribution in [0.15, 0.2) is 72.0 Å². The fourth-order valence-electron chi connectivity index (χ4n) is 2.97. The lowest BCUT2D eigenvalue weighted by Crippen LogP contribution is -2.21. The Morgan fingerprint density at radius 2 is 2.04 bits per heavy atom. The Labute approximate surface area is 155 Å². The minimum atomic E-state index is -0.0631. The topological polar surface area (TPSA) is 32.3 Å². The molecule has 1 aromatic rings. The molecule has 3 rings (SSSR count). The Hall–Kier alpha value is -2.99. The maximum absolute atomic E-state index is 11.0. The molecule has 1 amide bonds. The van der Waals surface area contributed by atoms with Crippen LogP contribution in [-0.2, 0) is 4.79 Å². The molecule has 3 nitrogen and oxygen atoms in total. The highest BCUT2D eigenvalue weighted by molar-refractivity contribution is 5.88. The van der Waals surface area contributed by atoms with Crippen LogP contribution in [0.2, 0.25) is 0 Å². The van der Waals surface area contributed by atoms with Crippen molar-refractivity contribution in [3.63, 3.8) is 0 Å². The number of benzene rings is 1. The van der Waals surface area contributed by atoms with Crippen molar-refractivity contribution in [2.24, 2.45) is 0 Å². The Kier molecular flexibility index (Phi) is 6.11. The van der Waals surface area contributed by atoms with Gasteiger partial charge in [-0.2, -0.15) is 0 Å². The van der Waals surface area contributed by atoms with Gasteiger partial charge in [0.25, 0.3) is 0 Å². The second kappa shape index (κ2) is 8.92. The van der Waals surface area contributed by atoms with Gasteiger partial charge in [-0.25, -0.2) is 0 Å². The monoisotopic (exact) mass is 344 g/mol. The Morgan fingerprint density at radius 3 is 2.69 bits per heavy atom. The number of allylic oxidation sites excluding steroid dienone is 6. The van der Waals surface area contributed by atoms with Gasteiger partial charge >= 0.3 is 0 Å². The van der Waals surface area contributed by atoms with Crippen molar-refractivity contribution in [1.82, 2.24) is 4.90 Å². The maximum Gasteiger partial charge on any atom is 0.221 e. The maximum atomic E-state index is 11.0. The average molecular weight is 344 g/mol. The van der Waals surface area contributed by atoms with E-state index >= 15 is 0 Å². The van der Waals surface area contributed by atoms with Crippen molar-refractivity contribution < 1.29 is 4.79 Å². The van der Waals surface area contributed by atoms with Crippen molar-refractivity contribution in [3.05, 3.63) is 77.6 Å². The molecule has 132 valence electrons. The molecule has 1 aliphatic heterocycles. The third-order valence-electron chi connectivity index (χ3n) is 4.35. The van der Waals surface area contributed by atoms with Gasteiger partial charge in [0.1, 0.15) is 0 Å². The Balaban J connectivity index is 1.44. The van der Waals surface area contributed by atoms with Crippen LogP contribution in [-0.4, -0.2) is 23.9 Å². The summed E-state index contributed by atoms with van der Waals surface area (Å²) in [7, 11) is 0. The SMILES string of the molecule is CC(=O)Nc1ccc(C#CCCN2C=CC(C3=CCC=CC3)=CC2)cc1. The lowest BCUT2D eigenvalue weighted by molar-refractivity contribution is -0.114. The number of rotatable bonds is 4. The first kappa shape index (κ1) is 17.8. The number of hydrogen-bond acceptors (Lipinski definition) is 2. The van der Waals surface area contributed by atoms with Gasteiger partial charge in [-0.15, -0.1) is 0 Å². The molecule has 0 spiro atoms. The van der Waals surface area contributed by atoms with E-state index in [0.29, 0.717) is 0 Å². The predicted molar refractivity (Wildman–Crippen MR) is 107 cm³/mol. The molecule has 0 fully saturated rings. The largest absolute Gasteiger partial charge is 0.373 e. The summed E-state index contributed by atoms with van der Waals surface area (Å²) in [6, 6.07) is 7.61. The summed E-state index contributed by atoms with van der Waals surface area (Å²) < 4.78 is 0. The van der Waals surface area contributed by atoms with E-state index in [2.05, 4.69) is 58.6 Å². The molecule has 1 heterocycles. The standard InChI is InChI=1S/C23H24N2O/c1-19(26)24-23-12-10-20(11-13-23)7-5-6-16-25-17-14-22(15-18-25)21-8-3-2-4-9-21/h2-3,9-15,17H,4,6,8,16,18H2,1H3,(H,24,26). The highest BCUT2D eigenvalue weighted by Gasteiger charge is 2.08. The molecular weight excluding hydrogens is 320 g/mol. The van der Waals surface area contributed by atoms with Crippen molar-refractivity contribution in [2.75, 3.05) is 18.4 Å². The molecular formula is C23H24N2O. The van der Waals surface area contributed by atoms with Crippen LogP contribution in [0.3, 0.4) is 0 Å². The molecule has 1 N–H and O–H groups in total. The Morgan fingerprint density at radius 1 is 1.19 bits per heavy atom. The number of hydrogen-bond donors (Lipinski definition) is 1. The number of nitrogens with zero attached hydrogens (tertiary/aromatic N) is 1. The van der Waals surface area contributed by atoms with E-state index in [1.165, 1.54) is 18.1 Å². The first-order chi connectivity index (χ1) is 12.7. The Bertz CT molecular complexity index is 829. The van der Waals surface area contributed by atoms with Crippen LogP contribution >= 0.6 is 0 Å². The van der Waals surface area contributed by atoms with E-state index in [-0.39, 0.29) is 5.91 Å². The van der Waals surface area contributed by atoms with Gasteiger partial charge in [-0.3, -0.25) is 4.79 Å². The van der Waals surface area contributed by atoms with Gasteiger partial charge in [0, 0.05) is 37.7 Å². The molecule has 0 saturated carbocycles. The van der Waals surface area contributed by atoms with Crippen molar-refractivity contribution >= 4 is 11.6 Å². The van der Waals surface area contributed by atoms with Crippen LogP contribution < -0.4 is 5.32 Å². The fourth-order valence-corrected chi connectivity index (χ4v) is 2.97. The minimum absolute atomic E-state index is 0.0631. The lowest BCUT2D eigenvalue weighted by atomic mass is 9.96. The molecule has 2 aliphatic rings. The summed E-state index contributed by atoms with van der Waals surface area (Å²) in [6.45, 7) is 3.38. The third kappa shape index (κ3) is 5.26. The summed E-state index contributed by atoms with van der Waals surface area (Å²) in [4.78, 5) is 13.3.